The number of hydrazine groups is 1. The number of urea groups is 1. The summed E-state index contributed by atoms with van der Waals surface area (Å²) in [5, 5.41) is 15.0. The molecule has 1 aliphatic rings. The van der Waals surface area contributed by atoms with Crippen molar-refractivity contribution in [2.24, 2.45) is 0 Å². The van der Waals surface area contributed by atoms with E-state index in [0.29, 0.717) is 26.6 Å². The molecule has 3 aromatic rings. The molecular weight excluding hydrogens is 440 g/mol. The smallest absolute Gasteiger partial charge is 0.344 e. The van der Waals surface area contributed by atoms with Gasteiger partial charge in [0.1, 0.15) is 11.3 Å². The molecule has 4 amide bonds. The number of carbonyl (C=O) groups excluding carboxylic acids is 3. The summed E-state index contributed by atoms with van der Waals surface area (Å²) in [6, 6.07) is 11.8. The zero-order valence-electron chi connectivity index (χ0n) is 16.3. The van der Waals surface area contributed by atoms with Gasteiger partial charge >= 0.3 is 6.03 Å². The van der Waals surface area contributed by atoms with Crippen LogP contribution in [0.2, 0.25) is 0 Å². The predicted octanol–water partition coefficient (Wildman–Crippen LogP) is 2.33. The number of rotatable bonds is 8. The Bertz CT molecular complexity index is 1090. The second kappa shape index (κ2) is 8.78. The molecule has 2 aromatic heterocycles. The van der Waals surface area contributed by atoms with Crippen LogP contribution in [0.15, 0.2) is 57.5 Å². The van der Waals surface area contributed by atoms with Crippen LogP contribution >= 0.6 is 23.1 Å². The molecule has 12 heteroatoms. The summed E-state index contributed by atoms with van der Waals surface area (Å²) in [5.74, 6) is -0.334. The molecule has 3 heterocycles. The lowest BCUT2D eigenvalue weighted by molar-refractivity contribution is -0.138. The Morgan fingerprint density at radius 3 is 2.77 bits per heavy atom. The number of amides is 4. The van der Waals surface area contributed by atoms with Gasteiger partial charge in [0.2, 0.25) is 11.0 Å². The van der Waals surface area contributed by atoms with E-state index in [9.17, 15) is 14.4 Å². The van der Waals surface area contributed by atoms with E-state index >= 15 is 0 Å². The first-order chi connectivity index (χ1) is 15.0. The van der Waals surface area contributed by atoms with Gasteiger partial charge in [-0.3, -0.25) is 15.0 Å². The van der Waals surface area contributed by atoms with Crippen molar-refractivity contribution in [3.05, 3.63) is 60.1 Å². The molecule has 10 nitrogen and oxygen atoms in total. The average molecular weight is 459 g/mol. The van der Waals surface area contributed by atoms with Crippen LogP contribution in [0, 0.1) is 0 Å². The van der Waals surface area contributed by atoms with Crippen molar-refractivity contribution < 1.29 is 18.8 Å². The maximum Gasteiger partial charge on any atom is 0.344 e. The summed E-state index contributed by atoms with van der Waals surface area (Å²) in [6.07, 6.45) is 1.59. The molecule has 0 saturated carbocycles. The number of nitrogens with one attached hydrogen (secondary N) is 3. The second-order valence-electron chi connectivity index (χ2n) is 6.69. The van der Waals surface area contributed by atoms with Crippen molar-refractivity contribution in [2.75, 3.05) is 11.1 Å². The molecule has 1 atom stereocenters. The lowest BCUT2D eigenvalue weighted by Crippen LogP contribution is -2.48. The number of nitrogens with zero attached hydrogens (tertiary/aromatic N) is 3. The number of thioether (sulfide) groups is 1. The van der Waals surface area contributed by atoms with Crippen LogP contribution in [-0.4, -0.2) is 38.8 Å². The van der Waals surface area contributed by atoms with Gasteiger partial charge in [-0.05, 0) is 24.6 Å². The van der Waals surface area contributed by atoms with Crippen LogP contribution < -0.4 is 16.1 Å². The van der Waals surface area contributed by atoms with Crippen LogP contribution in [0.1, 0.15) is 18.2 Å². The Kier molecular flexibility index (Phi) is 5.91. The van der Waals surface area contributed by atoms with Gasteiger partial charge < -0.3 is 15.1 Å². The highest BCUT2D eigenvalue weighted by Gasteiger charge is 2.49. The standard InChI is InChI=1S/C19H18N6O4S2/c1-19(12-6-3-2-4-7-12)15(27)25(17(28)21-19)24-14(26)11-30-18-23-22-16(31-18)20-10-13-8-5-9-29-13/h2-9H,10-11H2,1H3,(H,20,22)(H,21,28)(H,24,26). The highest BCUT2D eigenvalue weighted by atomic mass is 32.2. The predicted molar refractivity (Wildman–Crippen MR) is 114 cm³/mol. The summed E-state index contributed by atoms with van der Waals surface area (Å²) >= 11 is 2.44. The molecule has 31 heavy (non-hydrogen) atoms. The zero-order chi connectivity index (χ0) is 21.8. The van der Waals surface area contributed by atoms with Gasteiger partial charge in [-0.25, -0.2) is 4.79 Å². The van der Waals surface area contributed by atoms with Gasteiger partial charge in [-0.15, -0.1) is 10.2 Å². The van der Waals surface area contributed by atoms with Crippen molar-refractivity contribution in [2.45, 2.75) is 23.3 Å². The van der Waals surface area contributed by atoms with E-state index in [1.807, 2.05) is 12.1 Å². The first-order valence-electron chi connectivity index (χ1n) is 9.20. The summed E-state index contributed by atoms with van der Waals surface area (Å²) in [4.78, 5) is 37.4. The number of aromatic nitrogens is 2. The minimum absolute atomic E-state index is 0.0358. The van der Waals surface area contributed by atoms with Crippen LogP contribution in [-0.2, 0) is 21.7 Å². The van der Waals surface area contributed by atoms with Crippen molar-refractivity contribution >= 4 is 46.1 Å². The number of hydrogen-bond donors (Lipinski definition) is 3. The zero-order valence-corrected chi connectivity index (χ0v) is 18.0. The number of hydrogen-bond acceptors (Lipinski definition) is 9. The first-order valence-corrected chi connectivity index (χ1v) is 11.0. The van der Waals surface area contributed by atoms with Crippen molar-refractivity contribution in [1.29, 1.82) is 0 Å². The van der Waals surface area contributed by atoms with Gasteiger partial charge in [0, 0.05) is 0 Å². The number of anilines is 1. The SMILES string of the molecule is CC1(c2ccccc2)NC(=O)N(NC(=O)CSc2nnc(NCc3ccco3)s2)C1=O. The topological polar surface area (TPSA) is 129 Å². The van der Waals surface area contributed by atoms with E-state index in [-0.39, 0.29) is 5.75 Å². The fourth-order valence-electron chi connectivity index (χ4n) is 2.91. The van der Waals surface area contributed by atoms with Gasteiger partial charge in [0.15, 0.2) is 4.34 Å². The van der Waals surface area contributed by atoms with E-state index in [4.69, 9.17) is 4.42 Å². The molecule has 4 rings (SSSR count). The third-order valence-electron chi connectivity index (χ3n) is 4.51. The lowest BCUT2D eigenvalue weighted by atomic mass is 9.92. The quantitative estimate of drug-likeness (QED) is 0.346. The maximum atomic E-state index is 12.8. The molecule has 0 spiro atoms. The summed E-state index contributed by atoms with van der Waals surface area (Å²) in [6.45, 7) is 2.07. The molecule has 160 valence electrons. The van der Waals surface area contributed by atoms with E-state index in [1.54, 1.807) is 43.5 Å². The summed E-state index contributed by atoms with van der Waals surface area (Å²) in [7, 11) is 0. The van der Waals surface area contributed by atoms with Crippen molar-refractivity contribution in [1.82, 2.24) is 25.9 Å². The minimum atomic E-state index is -1.24. The molecular formula is C19H18N6O4S2. The molecule has 1 aromatic carbocycles. The third kappa shape index (κ3) is 4.54. The Morgan fingerprint density at radius 1 is 1.23 bits per heavy atom. The Labute approximate surface area is 185 Å². The van der Waals surface area contributed by atoms with Crippen LogP contribution in [0.4, 0.5) is 9.93 Å². The summed E-state index contributed by atoms with van der Waals surface area (Å²) in [5.41, 5.74) is 1.75. The van der Waals surface area contributed by atoms with Gasteiger partial charge in [-0.1, -0.05) is 53.4 Å². The first kappa shape index (κ1) is 20.9. The second-order valence-corrected chi connectivity index (χ2v) is 8.89. The number of carbonyl (C=O) groups is 3. The van der Waals surface area contributed by atoms with Crippen molar-refractivity contribution in [3.63, 3.8) is 0 Å². The fourth-order valence-corrected chi connectivity index (χ4v) is 4.45. The van der Waals surface area contributed by atoms with E-state index < -0.39 is 23.4 Å². The van der Waals surface area contributed by atoms with E-state index in [1.165, 1.54) is 11.3 Å². The molecule has 0 bridgehead atoms. The largest absolute Gasteiger partial charge is 0.467 e. The van der Waals surface area contributed by atoms with E-state index in [2.05, 4.69) is 26.3 Å². The molecule has 0 radical (unpaired) electrons. The van der Waals surface area contributed by atoms with Gasteiger partial charge in [0.25, 0.3) is 5.91 Å². The number of furan rings is 1. The molecule has 3 N–H and O–H groups in total. The average Bonchev–Trinajstić information content (AvgIpc) is 3.50. The normalized spacial score (nSPS) is 18.2. The minimum Gasteiger partial charge on any atom is -0.467 e. The highest BCUT2D eigenvalue weighted by molar-refractivity contribution is 8.01. The van der Waals surface area contributed by atoms with Crippen LogP contribution in [0.25, 0.3) is 0 Å². The van der Waals surface area contributed by atoms with Crippen LogP contribution in [0.3, 0.4) is 0 Å². The lowest BCUT2D eigenvalue weighted by Gasteiger charge is -2.22. The molecule has 1 unspecified atom stereocenters. The Hall–Kier alpha value is -3.38. The number of benzene rings is 1. The number of imide groups is 1. The molecule has 1 saturated heterocycles. The summed E-state index contributed by atoms with van der Waals surface area (Å²) < 4.78 is 5.81. The van der Waals surface area contributed by atoms with Crippen molar-refractivity contribution in [3.8, 4) is 0 Å². The molecule has 0 aliphatic carbocycles. The Morgan fingerprint density at radius 2 is 2.03 bits per heavy atom. The van der Waals surface area contributed by atoms with Crippen LogP contribution in [0.5, 0.6) is 0 Å². The Balaban J connectivity index is 1.30. The van der Waals surface area contributed by atoms with Gasteiger partial charge in [0.05, 0.1) is 18.6 Å². The highest BCUT2D eigenvalue weighted by Crippen LogP contribution is 2.28. The maximum absolute atomic E-state index is 12.8. The fraction of sp³-hybridized carbons (Fsp3) is 0.211. The van der Waals surface area contributed by atoms with Gasteiger partial charge in [-0.2, -0.15) is 5.01 Å². The molecule has 1 aliphatic heterocycles. The molecule has 1 fully saturated rings. The van der Waals surface area contributed by atoms with E-state index in [0.717, 1.165) is 17.5 Å². The monoisotopic (exact) mass is 458 g/mol. The third-order valence-corrected chi connectivity index (χ3v) is 6.52.